The van der Waals surface area contributed by atoms with Crippen LogP contribution in [0.15, 0.2) is 112 Å². The minimum absolute atomic E-state index is 0.375. The van der Waals surface area contributed by atoms with E-state index >= 15 is 0 Å². The molecule has 0 spiro atoms. The topological polar surface area (TPSA) is 18.5 Å². The Kier molecular flexibility index (Phi) is 5.09. The van der Waals surface area contributed by atoms with Crippen molar-refractivity contribution in [1.29, 1.82) is 0 Å². The maximum atomic E-state index is 6.45. The second-order valence-electron chi connectivity index (χ2n) is 10.6. The fourth-order valence-corrected chi connectivity index (χ4v) is 8.69. The third-order valence-corrected chi connectivity index (χ3v) is 11.7. The molecular formula is C31H31BO2S. The third-order valence-electron chi connectivity index (χ3n) is 8.03. The zero-order chi connectivity index (χ0) is 24.4. The monoisotopic (exact) mass is 478 g/mol. The second-order valence-corrected chi connectivity index (χ2v) is 13.8. The van der Waals surface area contributed by atoms with Crippen molar-refractivity contribution in [1.82, 2.24) is 0 Å². The number of hydrogen-bond donors (Lipinski definition) is 0. The molecule has 0 N–H and O–H groups in total. The van der Waals surface area contributed by atoms with Gasteiger partial charge in [0.25, 0.3) is 0 Å². The lowest BCUT2D eigenvalue weighted by Crippen LogP contribution is -2.41. The van der Waals surface area contributed by atoms with Crippen molar-refractivity contribution in [3.05, 3.63) is 97.1 Å². The molecule has 4 aromatic carbocycles. The first-order valence-electron chi connectivity index (χ1n) is 12.2. The van der Waals surface area contributed by atoms with Crippen molar-refractivity contribution < 1.29 is 9.31 Å². The molecule has 1 atom stereocenters. The second kappa shape index (κ2) is 7.86. The summed E-state index contributed by atoms with van der Waals surface area (Å²) in [4.78, 5) is 4.26. The van der Waals surface area contributed by atoms with Crippen molar-refractivity contribution in [2.45, 2.75) is 53.6 Å². The standard InChI is InChI=1S/C31H31BO2S/c1-30(2)31(3,4)34-32(33-30)27-17-11-9-15-24(27)22-19-20-26-25-16-10-12-18-28(25)35(5,29(26)21-22)23-13-7-6-8-14-23/h6-21H,1-5H3. The van der Waals surface area contributed by atoms with Gasteiger partial charge < -0.3 is 9.31 Å². The van der Waals surface area contributed by atoms with Crippen LogP contribution < -0.4 is 5.46 Å². The van der Waals surface area contributed by atoms with Gasteiger partial charge in [-0.15, -0.1) is 0 Å². The van der Waals surface area contributed by atoms with E-state index in [-0.39, 0.29) is 11.2 Å². The fraction of sp³-hybridized carbons (Fsp3) is 0.226. The Morgan fingerprint density at radius 3 is 1.89 bits per heavy atom. The highest BCUT2D eigenvalue weighted by Gasteiger charge is 2.52. The van der Waals surface area contributed by atoms with E-state index in [1.54, 1.807) is 0 Å². The van der Waals surface area contributed by atoms with E-state index in [2.05, 4.69) is 131 Å². The number of rotatable bonds is 3. The van der Waals surface area contributed by atoms with Gasteiger partial charge in [0.05, 0.1) is 11.2 Å². The zero-order valence-electron chi connectivity index (χ0n) is 21.0. The van der Waals surface area contributed by atoms with E-state index in [1.807, 2.05) is 0 Å². The van der Waals surface area contributed by atoms with Crippen LogP contribution in [0, 0.1) is 0 Å². The maximum Gasteiger partial charge on any atom is 0.495 e. The highest BCUT2D eigenvalue weighted by molar-refractivity contribution is 8.33. The van der Waals surface area contributed by atoms with Gasteiger partial charge in [-0.3, -0.25) is 0 Å². The van der Waals surface area contributed by atoms with Gasteiger partial charge in [0.15, 0.2) is 0 Å². The highest BCUT2D eigenvalue weighted by atomic mass is 32.3. The number of hydrogen-bond acceptors (Lipinski definition) is 2. The molecule has 0 bridgehead atoms. The van der Waals surface area contributed by atoms with Gasteiger partial charge in [0.2, 0.25) is 0 Å². The Balaban J connectivity index is 1.51. The molecule has 6 rings (SSSR count). The van der Waals surface area contributed by atoms with Gasteiger partial charge in [-0.05, 0) is 90.8 Å². The van der Waals surface area contributed by atoms with Crippen LogP contribution in [0.3, 0.4) is 0 Å². The molecule has 4 aromatic rings. The number of benzene rings is 4. The molecule has 35 heavy (non-hydrogen) atoms. The largest absolute Gasteiger partial charge is 0.495 e. The smallest absolute Gasteiger partial charge is 0.399 e. The summed E-state index contributed by atoms with van der Waals surface area (Å²) >= 11 is 0. The molecule has 0 saturated carbocycles. The van der Waals surface area contributed by atoms with Crippen LogP contribution in [0.4, 0.5) is 0 Å². The Labute approximate surface area is 210 Å². The minimum atomic E-state index is -1.36. The number of fused-ring (bicyclic) bond motifs is 3. The van der Waals surface area contributed by atoms with E-state index in [1.165, 1.54) is 36.9 Å². The molecule has 1 saturated heterocycles. The van der Waals surface area contributed by atoms with Gasteiger partial charge in [-0.1, -0.05) is 72.8 Å². The van der Waals surface area contributed by atoms with Crippen LogP contribution in [-0.4, -0.2) is 24.6 Å². The summed E-state index contributed by atoms with van der Waals surface area (Å²) in [6.45, 7) is 8.43. The van der Waals surface area contributed by atoms with Gasteiger partial charge in [-0.2, -0.15) is 10.0 Å². The summed E-state index contributed by atoms with van der Waals surface area (Å²) in [6.07, 6.45) is 2.44. The lowest BCUT2D eigenvalue weighted by atomic mass is 9.74. The normalized spacial score (nSPS) is 23.4. The van der Waals surface area contributed by atoms with E-state index < -0.39 is 17.1 Å². The predicted molar refractivity (Wildman–Crippen MR) is 148 cm³/mol. The first-order valence-corrected chi connectivity index (χ1v) is 14.3. The maximum absolute atomic E-state index is 6.45. The van der Waals surface area contributed by atoms with Gasteiger partial charge in [0, 0.05) is 9.79 Å². The molecule has 0 amide bonds. The van der Waals surface area contributed by atoms with Crippen molar-refractivity contribution in [3.8, 4) is 22.3 Å². The lowest BCUT2D eigenvalue weighted by Gasteiger charge is -2.34. The van der Waals surface area contributed by atoms with Crippen molar-refractivity contribution >= 4 is 22.6 Å². The van der Waals surface area contributed by atoms with E-state index in [0.717, 1.165) is 5.46 Å². The molecule has 0 radical (unpaired) electrons. The van der Waals surface area contributed by atoms with Crippen molar-refractivity contribution in [2.24, 2.45) is 0 Å². The molecule has 2 nitrogen and oxygen atoms in total. The molecule has 1 unspecified atom stereocenters. The summed E-state index contributed by atoms with van der Waals surface area (Å²) in [5.74, 6) is 0. The molecule has 1 fully saturated rings. The van der Waals surface area contributed by atoms with Crippen LogP contribution in [-0.2, 0) is 9.31 Å². The highest BCUT2D eigenvalue weighted by Crippen LogP contribution is 2.73. The molecule has 2 heterocycles. The summed E-state index contributed by atoms with van der Waals surface area (Å²) in [7, 11) is -1.76. The fourth-order valence-electron chi connectivity index (χ4n) is 5.30. The summed E-state index contributed by atoms with van der Waals surface area (Å²) in [5, 5.41) is 0. The molecule has 0 aromatic heterocycles. The summed E-state index contributed by atoms with van der Waals surface area (Å²) < 4.78 is 12.9. The van der Waals surface area contributed by atoms with Gasteiger partial charge >= 0.3 is 7.12 Å². The average Bonchev–Trinajstić information content (AvgIpc) is 3.26. The van der Waals surface area contributed by atoms with E-state index in [9.17, 15) is 0 Å². The zero-order valence-corrected chi connectivity index (χ0v) is 21.9. The van der Waals surface area contributed by atoms with Crippen molar-refractivity contribution in [2.75, 3.05) is 6.26 Å². The predicted octanol–water partition coefficient (Wildman–Crippen LogP) is 7.54. The van der Waals surface area contributed by atoms with E-state index in [0.29, 0.717) is 0 Å². The molecule has 2 aliphatic heterocycles. The molecule has 4 heteroatoms. The quantitative estimate of drug-likeness (QED) is 0.283. The summed E-state index contributed by atoms with van der Waals surface area (Å²) in [6, 6.07) is 35.4. The Bertz CT molecular complexity index is 1410. The van der Waals surface area contributed by atoms with Gasteiger partial charge in [0.1, 0.15) is 0 Å². The van der Waals surface area contributed by atoms with Crippen LogP contribution in [0.5, 0.6) is 0 Å². The SMILES string of the molecule is CC1(C)OB(c2ccccc2-c2ccc3c(c2)S(C)(c2ccccc2)c2ccccc2-3)OC1(C)C. The lowest BCUT2D eigenvalue weighted by molar-refractivity contribution is 0.00578. The first kappa shape index (κ1) is 22.7. The van der Waals surface area contributed by atoms with E-state index in [4.69, 9.17) is 9.31 Å². The Morgan fingerprint density at radius 2 is 1.17 bits per heavy atom. The average molecular weight is 478 g/mol. The van der Waals surface area contributed by atoms with Gasteiger partial charge in [-0.25, -0.2) is 0 Å². The third kappa shape index (κ3) is 3.35. The van der Waals surface area contributed by atoms with Crippen LogP contribution in [0.25, 0.3) is 22.3 Å². The Hall–Kier alpha value is -2.79. The van der Waals surface area contributed by atoms with Crippen LogP contribution in [0.1, 0.15) is 27.7 Å². The minimum Gasteiger partial charge on any atom is -0.399 e. The molecule has 0 aliphatic carbocycles. The van der Waals surface area contributed by atoms with Crippen LogP contribution in [0.2, 0.25) is 0 Å². The summed E-state index contributed by atoms with van der Waals surface area (Å²) in [5.41, 5.74) is 5.41. The molecular weight excluding hydrogens is 447 g/mol. The van der Waals surface area contributed by atoms with Crippen molar-refractivity contribution in [3.63, 3.8) is 0 Å². The molecule has 176 valence electrons. The van der Waals surface area contributed by atoms with Crippen LogP contribution >= 0.6 is 10.0 Å². The Morgan fingerprint density at radius 1 is 0.600 bits per heavy atom. The molecule has 2 aliphatic rings. The first-order chi connectivity index (χ1) is 16.7.